The van der Waals surface area contributed by atoms with Gasteiger partial charge in [-0.25, -0.2) is 0 Å². The minimum atomic E-state index is 0.888. The Balaban J connectivity index is 1.27. The van der Waals surface area contributed by atoms with Crippen LogP contribution in [0.5, 0.6) is 0 Å². The Bertz CT molecular complexity index is 2470. The summed E-state index contributed by atoms with van der Waals surface area (Å²) in [6, 6.07) is 71.2. The van der Waals surface area contributed by atoms with Crippen LogP contribution in [0.15, 0.2) is 205 Å². The Labute approximate surface area is 292 Å². The highest BCUT2D eigenvalue weighted by Crippen LogP contribution is 2.47. The molecule has 0 unspecified atom stereocenters. The van der Waals surface area contributed by atoms with Crippen molar-refractivity contribution in [3.8, 4) is 44.5 Å². The van der Waals surface area contributed by atoms with Crippen LogP contribution in [0.1, 0.15) is 0 Å². The number of hydrogen-bond acceptors (Lipinski definition) is 2. The third kappa shape index (κ3) is 5.43. The van der Waals surface area contributed by atoms with Gasteiger partial charge in [0.25, 0.3) is 0 Å². The van der Waals surface area contributed by atoms with Crippen LogP contribution in [0.2, 0.25) is 0 Å². The van der Waals surface area contributed by atoms with Crippen LogP contribution in [-0.2, 0) is 0 Å². The Hall–Kier alpha value is -6.64. The summed E-state index contributed by atoms with van der Waals surface area (Å²) in [6.07, 6.45) is 0. The highest BCUT2D eigenvalue weighted by molar-refractivity contribution is 6.08. The van der Waals surface area contributed by atoms with Crippen LogP contribution in [0.3, 0.4) is 0 Å². The summed E-state index contributed by atoms with van der Waals surface area (Å²) in [5.41, 5.74) is 14.4. The molecule has 9 rings (SSSR count). The number of hydrogen-bond donors (Lipinski definition) is 0. The van der Waals surface area contributed by atoms with Crippen molar-refractivity contribution in [2.24, 2.45) is 0 Å². The molecule has 0 aliphatic rings. The molecule has 2 heteroatoms. The third-order valence-corrected chi connectivity index (χ3v) is 9.50. The lowest BCUT2D eigenvalue weighted by Gasteiger charge is -2.29. The van der Waals surface area contributed by atoms with Crippen molar-refractivity contribution in [2.45, 2.75) is 0 Å². The third-order valence-electron chi connectivity index (χ3n) is 9.50. The molecule has 236 valence electrons. The largest absolute Gasteiger partial charge is 0.456 e. The van der Waals surface area contributed by atoms with E-state index in [9.17, 15) is 0 Å². The molecular formula is C48H33NO. The smallest absolute Gasteiger partial charge is 0.135 e. The number of anilines is 3. The van der Waals surface area contributed by atoms with E-state index in [2.05, 4.69) is 193 Å². The SMILES string of the molecule is c1ccc(-c2ccc(N(c3ccc(-c4ccccc4)cc3)c3cccc(-c4ccccc4)c3-c3ccc4oc5ccccc5c4c3)cc2)cc1. The standard InChI is InChI=1S/C48H33NO/c1-4-13-34(14-5-1)36-23-28-40(29-24-36)49(41-30-25-37(26-31-41)35-15-6-2-7-16-35)45-21-12-20-42(38-17-8-3-9-18-38)48(45)39-27-32-47-44(33-39)43-19-10-11-22-46(43)50-47/h1-33H. The first-order valence-corrected chi connectivity index (χ1v) is 17.0. The molecule has 0 fully saturated rings. The summed E-state index contributed by atoms with van der Waals surface area (Å²) in [5.74, 6) is 0. The molecule has 0 aliphatic carbocycles. The fourth-order valence-corrected chi connectivity index (χ4v) is 7.06. The van der Waals surface area contributed by atoms with Crippen LogP contribution in [0, 0.1) is 0 Å². The predicted molar refractivity (Wildman–Crippen MR) is 210 cm³/mol. The summed E-state index contributed by atoms with van der Waals surface area (Å²) in [4.78, 5) is 2.39. The van der Waals surface area contributed by atoms with Crippen LogP contribution >= 0.6 is 0 Å². The van der Waals surface area contributed by atoms with Crippen molar-refractivity contribution in [1.82, 2.24) is 0 Å². The van der Waals surface area contributed by atoms with Gasteiger partial charge in [0.2, 0.25) is 0 Å². The van der Waals surface area contributed by atoms with Gasteiger partial charge >= 0.3 is 0 Å². The van der Waals surface area contributed by atoms with E-state index in [0.717, 1.165) is 50.1 Å². The van der Waals surface area contributed by atoms with Crippen LogP contribution < -0.4 is 4.90 Å². The molecule has 0 atom stereocenters. The Morgan fingerprint density at radius 2 is 0.800 bits per heavy atom. The quantitative estimate of drug-likeness (QED) is 0.173. The summed E-state index contributed by atoms with van der Waals surface area (Å²) in [7, 11) is 0. The molecule has 0 spiro atoms. The molecule has 1 aromatic heterocycles. The van der Waals surface area contributed by atoms with Crippen LogP contribution in [-0.4, -0.2) is 0 Å². The number of fused-ring (bicyclic) bond motifs is 3. The number of rotatable bonds is 7. The molecule has 0 aliphatic heterocycles. The topological polar surface area (TPSA) is 16.4 Å². The molecule has 9 aromatic rings. The maximum Gasteiger partial charge on any atom is 0.135 e. The maximum atomic E-state index is 6.26. The summed E-state index contributed by atoms with van der Waals surface area (Å²) >= 11 is 0. The summed E-state index contributed by atoms with van der Waals surface area (Å²) in [6.45, 7) is 0. The van der Waals surface area contributed by atoms with E-state index in [0.29, 0.717) is 0 Å². The maximum absolute atomic E-state index is 6.26. The van der Waals surface area contributed by atoms with Gasteiger partial charge < -0.3 is 9.32 Å². The van der Waals surface area contributed by atoms with Gasteiger partial charge in [0.1, 0.15) is 11.2 Å². The van der Waals surface area contributed by atoms with Gasteiger partial charge in [-0.05, 0) is 87.5 Å². The first-order chi connectivity index (χ1) is 24.8. The van der Waals surface area contributed by atoms with E-state index in [4.69, 9.17) is 4.42 Å². The number of furan rings is 1. The Kier molecular flexibility index (Phi) is 7.53. The molecule has 0 amide bonds. The van der Waals surface area contributed by atoms with Crippen molar-refractivity contribution in [2.75, 3.05) is 4.90 Å². The van der Waals surface area contributed by atoms with Crippen LogP contribution in [0.25, 0.3) is 66.4 Å². The Morgan fingerprint density at radius 1 is 0.320 bits per heavy atom. The van der Waals surface area contributed by atoms with Crippen molar-refractivity contribution < 1.29 is 4.42 Å². The number of benzene rings is 8. The van der Waals surface area contributed by atoms with E-state index in [-0.39, 0.29) is 0 Å². The van der Waals surface area contributed by atoms with Gasteiger partial charge in [-0.2, -0.15) is 0 Å². The molecule has 2 nitrogen and oxygen atoms in total. The highest BCUT2D eigenvalue weighted by atomic mass is 16.3. The average Bonchev–Trinajstić information content (AvgIpc) is 3.57. The second kappa shape index (κ2) is 12.8. The Morgan fingerprint density at radius 3 is 1.40 bits per heavy atom. The normalized spacial score (nSPS) is 11.2. The van der Waals surface area contributed by atoms with E-state index < -0.39 is 0 Å². The fraction of sp³-hybridized carbons (Fsp3) is 0. The summed E-state index contributed by atoms with van der Waals surface area (Å²) < 4.78 is 6.26. The second-order valence-corrected chi connectivity index (χ2v) is 12.5. The van der Waals surface area contributed by atoms with Crippen LogP contribution in [0.4, 0.5) is 17.1 Å². The fourth-order valence-electron chi connectivity index (χ4n) is 7.06. The second-order valence-electron chi connectivity index (χ2n) is 12.5. The van der Waals surface area contributed by atoms with E-state index in [1.54, 1.807) is 0 Å². The molecule has 0 bridgehead atoms. The van der Waals surface area contributed by atoms with Crippen molar-refractivity contribution >= 4 is 39.0 Å². The van der Waals surface area contributed by atoms with E-state index in [1.807, 2.05) is 12.1 Å². The molecular weight excluding hydrogens is 607 g/mol. The lowest BCUT2D eigenvalue weighted by atomic mass is 9.91. The minimum Gasteiger partial charge on any atom is -0.456 e. The van der Waals surface area contributed by atoms with E-state index >= 15 is 0 Å². The molecule has 0 saturated carbocycles. The lowest BCUT2D eigenvalue weighted by Crippen LogP contribution is -2.11. The van der Waals surface area contributed by atoms with Gasteiger partial charge in [-0.15, -0.1) is 0 Å². The van der Waals surface area contributed by atoms with Gasteiger partial charge in [-0.3, -0.25) is 0 Å². The van der Waals surface area contributed by atoms with Crippen molar-refractivity contribution in [3.05, 3.63) is 200 Å². The van der Waals surface area contributed by atoms with Gasteiger partial charge in [0.15, 0.2) is 0 Å². The van der Waals surface area contributed by atoms with Crippen molar-refractivity contribution in [3.63, 3.8) is 0 Å². The number of nitrogens with zero attached hydrogens (tertiary/aromatic N) is 1. The molecule has 0 saturated heterocycles. The minimum absolute atomic E-state index is 0.888. The molecule has 1 heterocycles. The zero-order chi connectivity index (χ0) is 33.3. The highest BCUT2D eigenvalue weighted by Gasteiger charge is 2.22. The predicted octanol–water partition coefficient (Wildman–Crippen LogP) is 13.7. The van der Waals surface area contributed by atoms with Gasteiger partial charge in [0, 0.05) is 27.7 Å². The monoisotopic (exact) mass is 639 g/mol. The molecule has 50 heavy (non-hydrogen) atoms. The van der Waals surface area contributed by atoms with E-state index in [1.165, 1.54) is 33.4 Å². The first-order valence-electron chi connectivity index (χ1n) is 17.0. The molecule has 0 N–H and O–H groups in total. The summed E-state index contributed by atoms with van der Waals surface area (Å²) in [5, 5.41) is 2.23. The molecule has 0 radical (unpaired) electrons. The zero-order valence-electron chi connectivity index (χ0n) is 27.4. The van der Waals surface area contributed by atoms with Gasteiger partial charge in [-0.1, -0.05) is 152 Å². The first kappa shape index (κ1) is 29.5. The molecule has 8 aromatic carbocycles. The van der Waals surface area contributed by atoms with Gasteiger partial charge in [0.05, 0.1) is 5.69 Å². The van der Waals surface area contributed by atoms with Crippen molar-refractivity contribution in [1.29, 1.82) is 0 Å². The lowest BCUT2D eigenvalue weighted by molar-refractivity contribution is 0.669. The average molecular weight is 640 g/mol. The number of para-hydroxylation sites is 1. The zero-order valence-corrected chi connectivity index (χ0v) is 27.4.